The summed E-state index contributed by atoms with van der Waals surface area (Å²) in [6, 6.07) is 18.1. The molecular weight excluding hydrogens is 326 g/mol. The zero-order valence-electron chi connectivity index (χ0n) is 15.2. The molecule has 1 N–H and O–H groups in total. The van der Waals surface area contributed by atoms with Gasteiger partial charge in [0.05, 0.1) is 6.61 Å². The molecule has 0 aromatic heterocycles. The first-order valence-electron chi connectivity index (χ1n) is 9.48. The largest absolute Gasteiger partial charge is 0.494 e. The lowest BCUT2D eigenvalue weighted by molar-refractivity contribution is 0.139. The smallest absolute Gasteiger partial charge is 0.407 e. The highest BCUT2D eigenvalue weighted by Crippen LogP contribution is 2.34. The number of carbonyl (C=O) groups excluding carboxylic acids is 1. The summed E-state index contributed by atoms with van der Waals surface area (Å²) < 4.78 is 10.9. The molecule has 1 aliphatic rings. The van der Waals surface area contributed by atoms with Gasteiger partial charge in [0.1, 0.15) is 12.4 Å². The number of ether oxygens (including phenoxy) is 2. The topological polar surface area (TPSA) is 47.6 Å². The van der Waals surface area contributed by atoms with Crippen molar-refractivity contribution in [1.82, 2.24) is 5.32 Å². The van der Waals surface area contributed by atoms with Crippen LogP contribution in [0.4, 0.5) is 4.79 Å². The molecule has 26 heavy (non-hydrogen) atoms. The molecule has 1 fully saturated rings. The van der Waals surface area contributed by atoms with Gasteiger partial charge in [-0.2, -0.15) is 0 Å². The molecule has 0 bridgehead atoms. The summed E-state index contributed by atoms with van der Waals surface area (Å²) >= 11 is 0. The average Bonchev–Trinajstić information content (AvgIpc) is 3.22. The number of nitrogens with one attached hydrogen (secondary N) is 1. The summed E-state index contributed by atoms with van der Waals surface area (Å²) in [6.07, 6.45) is 5.67. The Bertz CT molecular complexity index is 664. The van der Waals surface area contributed by atoms with E-state index in [-0.39, 0.29) is 6.61 Å². The predicted molar refractivity (Wildman–Crippen MR) is 102 cm³/mol. The van der Waals surface area contributed by atoms with Gasteiger partial charge in [0.25, 0.3) is 0 Å². The fourth-order valence-corrected chi connectivity index (χ4v) is 3.32. The Balaban J connectivity index is 1.27. The number of amides is 1. The summed E-state index contributed by atoms with van der Waals surface area (Å²) in [6.45, 7) is 1.39. The average molecular weight is 353 g/mol. The molecule has 0 unspecified atom stereocenters. The van der Waals surface area contributed by atoms with E-state index in [2.05, 4.69) is 29.6 Å². The molecule has 0 heterocycles. The van der Waals surface area contributed by atoms with Gasteiger partial charge < -0.3 is 14.8 Å². The van der Waals surface area contributed by atoms with Crippen molar-refractivity contribution >= 4 is 6.09 Å². The van der Waals surface area contributed by atoms with E-state index in [1.165, 1.54) is 31.2 Å². The molecule has 1 amide bonds. The quantitative estimate of drug-likeness (QED) is 0.676. The first-order valence-corrected chi connectivity index (χ1v) is 9.48. The van der Waals surface area contributed by atoms with Crippen LogP contribution in [0, 0.1) is 0 Å². The van der Waals surface area contributed by atoms with E-state index < -0.39 is 6.09 Å². The molecule has 0 aliphatic heterocycles. The van der Waals surface area contributed by atoms with E-state index in [1.807, 2.05) is 30.3 Å². The molecule has 4 heteroatoms. The fraction of sp³-hybridized carbons (Fsp3) is 0.409. The number of hydrogen-bond acceptors (Lipinski definition) is 3. The Hall–Kier alpha value is -2.49. The maximum absolute atomic E-state index is 11.6. The Kier molecular flexibility index (Phi) is 6.94. The molecule has 0 saturated heterocycles. The maximum Gasteiger partial charge on any atom is 0.407 e. The SMILES string of the molecule is O=C(NCCCOc1ccc(C2CCCC2)cc1)OCc1ccccc1. The van der Waals surface area contributed by atoms with Crippen LogP contribution in [0.15, 0.2) is 54.6 Å². The van der Waals surface area contributed by atoms with Crippen molar-refractivity contribution in [3.8, 4) is 5.75 Å². The third kappa shape index (κ3) is 5.80. The zero-order chi connectivity index (χ0) is 18.0. The number of rotatable bonds is 8. The van der Waals surface area contributed by atoms with Gasteiger partial charge >= 0.3 is 6.09 Å². The van der Waals surface area contributed by atoms with Gasteiger partial charge in [-0.3, -0.25) is 0 Å². The van der Waals surface area contributed by atoms with Crippen molar-refractivity contribution in [2.75, 3.05) is 13.2 Å². The van der Waals surface area contributed by atoms with Crippen molar-refractivity contribution < 1.29 is 14.3 Å². The van der Waals surface area contributed by atoms with Crippen LogP contribution in [0.5, 0.6) is 5.75 Å². The second-order valence-electron chi connectivity index (χ2n) is 6.74. The third-order valence-corrected chi connectivity index (χ3v) is 4.78. The van der Waals surface area contributed by atoms with Crippen molar-refractivity contribution in [3.63, 3.8) is 0 Å². The minimum atomic E-state index is -0.394. The lowest BCUT2D eigenvalue weighted by atomic mass is 9.98. The summed E-state index contributed by atoms with van der Waals surface area (Å²) in [5, 5.41) is 2.74. The monoisotopic (exact) mass is 353 g/mol. The third-order valence-electron chi connectivity index (χ3n) is 4.78. The molecule has 2 aromatic rings. The molecule has 0 radical (unpaired) electrons. The lowest BCUT2D eigenvalue weighted by Crippen LogP contribution is -2.26. The van der Waals surface area contributed by atoms with Gasteiger partial charge in [0.2, 0.25) is 0 Å². The van der Waals surface area contributed by atoms with Crippen LogP contribution in [-0.2, 0) is 11.3 Å². The van der Waals surface area contributed by atoms with E-state index in [9.17, 15) is 4.79 Å². The van der Waals surface area contributed by atoms with E-state index in [0.29, 0.717) is 13.2 Å². The summed E-state index contributed by atoms with van der Waals surface area (Å²) in [4.78, 5) is 11.6. The highest BCUT2D eigenvalue weighted by molar-refractivity contribution is 5.67. The molecular formula is C22H27NO3. The molecule has 1 aliphatic carbocycles. The Morgan fingerprint density at radius 1 is 1.00 bits per heavy atom. The normalized spacial score (nSPS) is 14.2. The molecule has 1 saturated carbocycles. The van der Waals surface area contributed by atoms with Crippen molar-refractivity contribution in [2.45, 2.75) is 44.6 Å². The van der Waals surface area contributed by atoms with Gasteiger partial charge in [-0.1, -0.05) is 55.3 Å². The highest BCUT2D eigenvalue weighted by Gasteiger charge is 2.16. The zero-order valence-corrected chi connectivity index (χ0v) is 15.2. The van der Waals surface area contributed by atoms with Crippen molar-refractivity contribution in [2.24, 2.45) is 0 Å². The first kappa shape index (κ1) is 18.3. The minimum absolute atomic E-state index is 0.288. The van der Waals surface area contributed by atoms with Gasteiger partial charge in [0, 0.05) is 6.54 Å². The maximum atomic E-state index is 11.6. The van der Waals surface area contributed by atoms with Crippen LogP contribution in [0.3, 0.4) is 0 Å². The van der Waals surface area contributed by atoms with E-state index in [4.69, 9.17) is 9.47 Å². The highest BCUT2D eigenvalue weighted by atomic mass is 16.5. The van der Waals surface area contributed by atoms with Crippen molar-refractivity contribution in [3.05, 3.63) is 65.7 Å². The van der Waals surface area contributed by atoms with Crippen LogP contribution in [-0.4, -0.2) is 19.2 Å². The van der Waals surface area contributed by atoms with Crippen LogP contribution in [0.1, 0.15) is 49.1 Å². The number of carbonyl (C=O) groups is 1. The summed E-state index contributed by atoms with van der Waals surface area (Å²) in [5.41, 5.74) is 2.41. The molecule has 138 valence electrons. The van der Waals surface area contributed by atoms with Gasteiger partial charge in [-0.05, 0) is 48.4 Å². The number of benzene rings is 2. The number of alkyl carbamates (subject to hydrolysis) is 1. The first-order chi connectivity index (χ1) is 12.8. The number of hydrogen-bond donors (Lipinski definition) is 1. The van der Waals surface area contributed by atoms with Gasteiger partial charge in [-0.15, -0.1) is 0 Å². The van der Waals surface area contributed by atoms with Crippen LogP contribution >= 0.6 is 0 Å². The standard InChI is InChI=1S/C22H27NO3/c24-22(26-17-18-7-2-1-3-8-18)23-15-6-16-25-21-13-11-20(12-14-21)19-9-4-5-10-19/h1-3,7-8,11-14,19H,4-6,9-10,15-17H2,(H,23,24). The molecule has 2 aromatic carbocycles. The predicted octanol–water partition coefficient (Wildman–Crippen LogP) is 5.04. The Morgan fingerprint density at radius 3 is 2.46 bits per heavy atom. The second kappa shape index (κ2) is 9.85. The van der Waals surface area contributed by atoms with Gasteiger partial charge in [0.15, 0.2) is 0 Å². The van der Waals surface area contributed by atoms with Crippen LogP contribution < -0.4 is 10.1 Å². The second-order valence-corrected chi connectivity index (χ2v) is 6.74. The van der Waals surface area contributed by atoms with E-state index >= 15 is 0 Å². The Labute approximate surface area is 155 Å². The van der Waals surface area contributed by atoms with E-state index in [0.717, 1.165) is 23.7 Å². The summed E-state index contributed by atoms with van der Waals surface area (Å²) in [5.74, 6) is 1.62. The summed E-state index contributed by atoms with van der Waals surface area (Å²) in [7, 11) is 0. The minimum Gasteiger partial charge on any atom is -0.494 e. The molecule has 0 spiro atoms. The van der Waals surface area contributed by atoms with Crippen molar-refractivity contribution in [1.29, 1.82) is 0 Å². The fourth-order valence-electron chi connectivity index (χ4n) is 3.32. The molecule has 3 rings (SSSR count). The molecule has 0 atom stereocenters. The van der Waals surface area contributed by atoms with Crippen LogP contribution in [0.2, 0.25) is 0 Å². The lowest BCUT2D eigenvalue weighted by Gasteiger charge is -2.11. The van der Waals surface area contributed by atoms with Crippen LogP contribution in [0.25, 0.3) is 0 Å². The van der Waals surface area contributed by atoms with Gasteiger partial charge in [-0.25, -0.2) is 4.79 Å². The Morgan fingerprint density at radius 2 is 1.73 bits per heavy atom. The molecule has 4 nitrogen and oxygen atoms in total. The van der Waals surface area contributed by atoms with E-state index in [1.54, 1.807) is 0 Å².